The van der Waals surface area contributed by atoms with E-state index >= 15 is 0 Å². The maximum atomic E-state index is 12.8. The first kappa shape index (κ1) is 23.5. The molecule has 1 N–H and O–H groups in total. The van der Waals surface area contributed by atoms with Crippen LogP contribution in [0.1, 0.15) is 53.2 Å². The summed E-state index contributed by atoms with van der Waals surface area (Å²) in [7, 11) is 4.09. The molecule has 3 aromatic rings. The molecule has 0 saturated heterocycles. The molecule has 0 aliphatic heterocycles. The lowest BCUT2D eigenvalue weighted by molar-refractivity contribution is -0.113. The third-order valence-electron chi connectivity index (χ3n) is 5.86. The third kappa shape index (κ3) is 5.13. The third-order valence-corrected chi connectivity index (χ3v) is 8.03. The van der Waals surface area contributed by atoms with Crippen molar-refractivity contribution in [3.63, 3.8) is 0 Å². The second-order valence-corrected chi connectivity index (χ2v) is 10.4. The van der Waals surface area contributed by atoms with Crippen LogP contribution in [0.3, 0.4) is 0 Å². The first-order valence-corrected chi connectivity index (χ1v) is 12.9. The molecular weight excluding hydrogens is 452 g/mol. The van der Waals surface area contributed by atoms with Gasteiger partial charge in [0.05, 0.1) is 23.9 Å². The smallest absolute Gasteiger partial charge is 0.235 e. The zero-order valence-corrected chi connectivity index (χ0v) is 20.8. The minimum Gasteiger partial charge on any atom is -0.316 e. The second-order valence-electron chi connectivity index (χ2n) is 8.31. The second kappa shape index (κ2) is 10.5. The van der Waals surface area contributed by atoms with Gasteiger partial charge in [-0.2, -0.15) is 5.26 Å². The summed E-state index contributed by atoms with van der Waals surface area (Å²) in [6.45, 7) is 2.78. The molecular formula is C24H28N6OS2. The van der Waals surface area contributed by atoms with Crippen molar-refractivity contribution < 1.29 is 4.79 Å². The Kier molecular flexibility index (Phi) is 7.48. The fourth-order valence-electron chi connectivity index (χ4n) is 4.25. The van der Waals surface area contributed by atoms with Crippen molar-refractivity contribution in [3.8, 4) is 6.07 Å². The Bertz CT molecular complexity index is 1160. The standard InChI is InChI=1S/C24H28N6OS2/c1-4-19(29(2)3)22-27-28-24(30(22)14-16-9-6-5-7-10-16)32-15-21(31)26-23-18(13-25)17-11-8-12-20(17)33-23/h5-7,9-10,19H,4,8,11-12,14-15H2,1-3H3,(H,26,31). The van der Waals surface area contributed by atoms with Crippen LogP contribution in [-0.4, -0.2) is 45.4 Å². The van der Waals surface area contributed by atoms with Gasteiger partial charge in [0.1, 0.15) is 11.1 Å². The molecule has 1 aliphatic carbocycles. The van der Waals surface area contributed by atoms with Gasteiger partial charge in [0.15, 0.2) is 11.0 Å². The van der Waals surface area contributed by atoms with Crippen molar-refractivity contribution in [2.45, 2.75) is 50.4 Å². The average molecular weight is 481 g/mol. The number of anilines is 1. The van der Waals surface area contributed by atoms with Crippen molar-refractivity contribution in [1.82, 2.24) is 19.7 Å². The van der Waals surface area contributed by atoms with E-state index in [4.69, 9.17) is 0 Å². The number of aromatic nitrogens is 3. The predicted molar refractivity (Wildman–Crippen MR) is 133 cm³/mol. The zero-order chi connectivity index (χ0) is 23.4. The average Bonchev–Trinajstić information content (AvgIpc) is 3.49. The Hall–Kier alpha value is -2.67. The number of carbonyl (C=O) groups is 1. The van der Waals surface area contributed by atoms with E-state index < -0.39 is 0 Å². The molecule has 1 amide bonds. The molecule has 9 heteroatoms. The highest BCUT2D eigenvalue weighted by Crippen LogP contribution is 2.38. The summed E-state index contributed by atoms with van der Waals surface area (Å²) in [6.07, 6.45) is 3.92. The van der Waals surface area contributed by atoms with Gasteiger partial charge in [0.2, 0.25) is 5.91 Å². The molecule has 33 heavy (non-hydrogen) atoms. The topological polar surface area (TPSA) is 86.8 Å². The number of nitriles is 1. The lowest BCUT2D eigenvalue weighted by Gasteiger charge is -2.23. The van der Waals surface area contributed by atoms with Crippen LogP contribution in [0.25, 0.3) is 0 Å². The number of fused-ring (bicyclic) bond motifs is 1. The van der Waals surface area contributed by atoms with Crippen LogP contribution in [0.4, 0.5) is 5.00 Å². The first-order valence-electron chi connectivity index (χ1n) is 11.1. The van der Waals surface area contributed by atoms with Gasteiger partial charge < -0.3 is 9.88 Å². The number of rotatable bonds is 9. The number of thioether (sulfide) groups is 1. The van der Waals surface area contributed by atoms with Gasteiger partial charge in [0.25, 0.3) is 0 Å². The summed E-state index contributed by atoms with van der Waals surface area (Å²) < 4.78 is 2.11. The van der Waals surface area contributed by atoms with E-state index in [0.29, 0.717) is 17.1 Å². The van der Waals surface area contributed by atoms with Gasteiger partial charge in [-0.3, -0.25) is 9.69 Å². The van der Waals surface area contributed by atoms with Gasteiger partial charge in [-0.15, -0.1) is 21.5 Å². The summed E-state index contributed by atoms with van der Waals surface area (Å²) in [5.41, 5.74) is 2.91. The van der Waals surface area contributed by atoms with Crippen molar-refractivity contribution in [3.05, 3.63) is 57.7 Å². The lowest BCUT2D eigenvalue weighted by atomic mass is 10.1. The van der Waals surface area contributed by atoms with E-state index in [9.17, 15) is 10.1 Å². The van der Waals surface area contributed by atoms with Gasteiger partial charge >= 0.3 is 0 Å². The van der Waals surface area contributed by atoms with E-state index in [0.717, 1.165) is 47.8 Å². The fourth-order valence-corrected chi connectivity index (χ4v) is 6.25. The number of carbonyl (C=O) groups excluding carboxylic acids is 1. The molecule has 2 aromatic heterocycles. The number of benzene rings is 1. The SMILES string of the molecule is CCC(c1nnc(SCC(=O)Nc2sc3c(c2C#N)CCC3)n1Cc1ccccc1)N(C)C. The number of hydrogen-bond donors (Lipinski definition) is 1. The van der Waals surface area contributed by atoms with E-state index in [-0.39, 0.29) is 17.7 Å². The number of amides is 1. The highest BCUT2D eigenvalue weighted by Gasteiger charge is 2.25. The maximum absolute atomic E-state index is 12.8. The minimum absolute atomic E-state index is 0.133. The number of nitrogens with zero attached hydrogens (tertiary/aromatic N) is 5. The summed E-state index contributed by atoms with van der Waals surface area (Å²) in [5.74, 6) is 0.974. The van der Waals surface area contributed by atoms with Crippen LogP contribution in [0.5, 0.6) is 0 Å². The Morgan fingerprint density at radius 2 is 2.09 bits per heavy atom. The van der Waals surface area contributed by atoms with E-state index in [1.807, 2.05) is 32.3 Å². The molecule has 0 radical (unpaired) electrons. The molecule has 0 bridgehead atoms. The fraction of sp³-hybridized carbons (Fsp3) is 0.417. The largest absolute Gasteiger partial charge is 0.316 e. The number of aryl methyl sites for hydroxylation is 1. The summed E-state index contributed by atoms with van der Waals surface area (Å²) in [5, 5.41) is 22.9. The predicted octanol–water partition coefficient (Wildman–Crippen LogP) is 4.49. The van der Waals surface area contributed by atoms with Crippen molar-refractivity contribution in [2.24, 2.45) is 0 Å². The molecule has 2 heterocycles. The highest BCUT2D eigenvalue weighted by atomic mass is 32.2. The Morgan fingerprint density at radius 1 is 1.30 bits per heavy atom. The van der Waals surface area contributed by atoms with Crippen LogP contribution in [0.15, 0.2) is 35.5 Å². The Labute approximate surface area is 202 Å². The van der Waals surface area contributed by atoms with E-state index in [1.54, 1.807) is 0 Å². The summed E-state index contributed by atoms with van der Waals surface area (Å²) in [6, 6.07) is 12.6. The van der Waals surface area contributed by atoms with Crippen LogP contribution >= 0.6 is 23.1 Å². The van der Waals surface area contributed by atoms with Crippen LogP contribution in [0.2, 0.25) is 0 Å². The van der Waals surface area contributed by atoms with Gasteiger partial charge in [-0.1, -0.05) is 49.0 Å². The molecule has 1 aliphatic rings. The molecule has 4 rings (SSSR count). The molecule has 172 valence electrons. The summed E-state index contributed by atoms with van der Waals surface area (Å²) in [4.78, 5) is 16.1. The number of thiophene rings is 1. The van der Waals surface area contributed by atoms with Crippen LogP contribution in [0, 0.1) is 11.3 Å². The monoisotopic (exact) mass is 480 g/mol. The molecule has 0 spiro atoms. The first-order chi connectivity index (χ1) is 16.0. The van der Waals surface area contributed by atoms with Gasteiger partial charge in [0, 0.05) is 4.88 Å². The molecule has 1 atom stereocenters. The highest BCUT2D eigenvalue weighted by molar-refractivity contribution is 7.99. The van der Waals surface area contributed by atoms with Gasteiger partial charge in [-0.05, 0) is 50.9 Å². The quantitative estimate of drug-likeness (QED) is 0.454. The van der Waals surface area contributed by atoms with E-state index in [1.165, 1.54) is 28.0 Å². The normalized spacial score (nSPS) is 13.7. The molecule has 1 unspecified atom stereocenters. The minimum atomic E-state index is -0.133. The van der Waals surface area contributed by atoms with Crippen molar-refractivity contribution in [2.75, 3.05) is 25.2 Å². The molecule has 1 aromatic carbocycles. The number of nitrogens with one attached hydrogen (secondary N) is 1. The van der Waals surface area contributed by atoms with Gasteiger partial charge in [-0.25, -0.2) is 0 Å². The van der Waals surface area contributed by atoms with Crippen molar-refractivity contribution in [1.29, 1.82) is 5.26 Å². The Balaban J connectivity index is 1.51. The summed E-state index contributed by atoms with van der Waals surface area (Å²) >= 11 is 2.92. The van der Waals surface area contributed by atoms with Crippen LogP contribution in [-0.2, 0) is 24.2 Å². The van der Waals surface area contributed by atoms with Crippen LogP contribution < -0.4 is 5.32 Å². The molecule has 0 saturated carbocycles. The lowest BCUT2D eigenvalue weighted by Crippen LogP contribution is -2.23. The number of hydrogen-bond acceptors (Lipinski definition) is 7. The maximum Gasteiger partial charge on any atom is 0.235 e. The molecule has 7 nitrogen and oxygen atoms in total. The Morgan fingerprint density at radius 3 is 2.79 bits per heavy atom. The zero-order valence-electron chi connectivity index (χ0n) is 19.2. The van der Waals surface area contributed by atoms with Crippen molar-refractivity contribution >= 4 is 34.0 Å². The van der Waals surface area contributed by atoms with E-state index in [2.05, 4.69) is 50.1 Å². The molecule has 0 fully saturated rings.